The highest BCUT2D eigenvalue weighted by Gasteiger charge is 2.45. The summed E-state index contributed by atoms with van der Waals surface area (Å²) in [6, 6.07) is 13.7. The van der Waals surface area contributed by atoms with E-state index in [-0.39, 0.29) is 17.9 Å². The number of aromatic nitrogens is 1. The second-order valence-corrected chi connectivity index (χ2v) is 9.11. The average Bonchev–Trinajstić information content (AvgIpc) is 3.29. The summed E-state index contributed by atoms with van der Waals surface area (Å²) in [6.07, 6.45) is 3.84. The van der Waals surface area contributed by atoms with Crippen LogP contribution in [0.1, 0.15) is 31.2 Å². The molecule has 29 heavy (non-hydrogen) atoms. The maximum atomic E-state index is 13.0. The lowest BCUT2D eigenvalue weighted by atomic mass is 10.1. The molecular weight excluding hydrogens is 382 g/mol. The van der Waals surface area contributed by atoms with Crippen molar-refractivity contribution >= 4 is 39.1 Å². The van der Waals surface area contributed by atoms with E-state index in [1.54, 1.807) is 11.3 Å². The van der Waals surface area contributed by atoms with E-state index < -0.39 is 0 Å². The predicted octanol–water partition coefficient (Wildman–Crippen LogP) is 2.97. The van der Waals surface area contributed by atoms with Gasteiger partial charge in [-0.3, -0.25) is 9.59 Å². The largest absolute Gasteiger partial charge is 0.324 e. The molecule has 3 aromatic rings. The second-order valence-electron chi connectivity index (χ2n) is 8.08. The highest BCUT2D eigenvalue weighted by atomic mass is 32.1. The second kappa shape index (κ2) is 7.35. The van der Waals surface area contributed by atoms with E-state index in [0.717, 1.165) is 42.0 Å². The molecule has 0 saturated carbocycles. The van der Waals surface area contributed by atoms with E-state index in [0.29, 0.717) is 12.1 Å². The fourth-order valence-electron chi connectivity index (χ4n) is 4.48. The van der Waals surface area contributed by atoms with Gasteiger partial charge in [0.25, 0.3) is 5.91 Å². The minimum absolute atomic E-state index is 0.0462. The Labute approximate surface area is 174 Å². The number of carbonyl (C=O) groups is 2. The van der Waals surface area contributed by atoms with E-state index in [4.69, 9.17) is 4.98 Å². The predicted molar refractivity (Wildman–Crippen MR) is 115 cm³/mol. The number of nitrogens with one attached hydrogen (secondary N) is 1. The van der Waals surface area contributed by atoms with Gasteiger partial charge in [0.05, 0.1) is 35.4 Å². The van der Waals surface area contributed by atoms with Gasteiger partial charge in [0, 0.05) is 5.56 Å². The van der Waals surface area contributed by atoms with Crippen molar-refractivity contribution in [2.24, 2.45) is 0 Å². The van der Waals surface area contributed by atoms with Crippen LogP contribution in [0.4, 0.5) is 5.69 Å². The molecule has 2 aromatic carbocycles. The van der Waals surface area contributed by atoms with Crippen molar-refractivity contribution in [2.45, 2.75) is 38.6 Å². The lowest BCUT2D eigenvalue weighted by Gasteiger charge is -2.27. The molecular formula is C23H24N3O2S+. The monoisotopic (exact) mass is 406 g/mol. The zero-order valence-corrected chi connectivity index (χ0v) is 17.3. The number of amides is 2. The van der Waals surface area contributed by atoms with Gasteiger partial charge in [0.1, 0.15) is 5.01 Å². The first-order valence-corrected chi connectivity index (χ1v) is 11.1. The Balaban J connectivity index is 1.39. The number of carbonyl (C=O) groups excluding carboxylic acids is 2. The van der Waals surface area contributed by atoms with Gasteiger partial charge in [0.2, 0.25) is 5.91 Å². The summed E-state index contributed by atoms with van der Waals surface area (Å²) in [5.41, 5.74) is 3.89. The first kappa shape index (κ1) is 18.5. The van der Waals surface area contributed by atoms with E-state index >= 15 is 0 Å². The molecule has 2 aliphatic rings. The number of thiazole rings is 1. The summed E-state index contributed by atoms with van der Waals surface area (Å²) < 4.78 is 1.17. The molecule has 5 rings (SSSR count). The van der Waals surface area contributed by atoms with Gasteiger partial charge < -0.3 is 4.90 Å². The summed E-state index contributed by atoms with van der Waals surface area (Å²) >= 11 is 1.66. The molecule has 1 aromatic heterocycles. The topological polar surface area (TPSA) is 54.7 Å². The number of likely N-dealkylation sites (tertiary alicyclic amines) is 1. The molecule has 3 heterocycles. The standard InChI is InChI=1S/C23H23N3O2S/c1-15-5-10-18-20(13-15)29-22(24-18)16-6-8-17(9-7-16)26-21(27)14-19(23(26)28)25-11-3-2-4-12-25/h5-10,13,19H,2-4,11-12,14H2,1H3/p+1/t19-/m0/s1. The van der Waals surface area contributed by atoms with Crippen molar-refractivity contribution in [1.29, 1.82) is 0 Å². The number of quaternary nitrogens is 1. The summed E-state index contributed by atoms with van der Waals surface area (Å²) in [7, 11) is 0. The Morgan fingerprint density at radius 1 is 1.03 bits per heavy atom. The fourth-order valence-corrected chi connectivity index (χ4v) is 5.55. The fraction of sp³-hybridized carbons (Fsp3) is 0.348. The molecule has 0 radical (unpaired) electrons. The van der Waals surface area contributed by atoms with Crippen LogP contribution in [0.25, 0.3) is 20.8 Å². The quantitative estimate of drug-likeness (QED) is 0.681. The molecule has 0 unspecified atom stereocenters. The van der Waals surface area contributed by atoms with E-state index in [1.807, 2.05) is 30.3 Å². The molecule has 6 heteroatoms. The Kier molecular flexibility index (Phi) is 4.68. The van der Waals surface area contributed by atoms with Gasteiger partial charge in [-0.25, -0.2) is 9.88 Å². The Hall–Kier alpha value is -2.57. The molecule has 0 bridgehead atoms. The minimum Gasteiger partial charge on any atom is -0.324 e. The van der Waals surface area contributed by atoms with Crippen LogP contribution in [-0.4, -0.2) is 35.9 Å². The lowest BCUT2D eigenvalue weighted by Crippen LogP contribution is -3.17. The van der Waals surface area contributed by atoms with Gasteiger partial charge in [-0.1, -0.05) is 6.07 Å². The summed E-state index contributed by atoms with van der Waals surface area (Å²) in [5, 5.41) is 0.951. The van der Waals surface area contributed by atoms with Crippen LogP contribution >= 0.6 is 11.3 Å². The van der Waals surface area contributed by atoms with Crippen LogP contribution < -0.4 is 9.80 Å². The number of anilines is 1. The van der Waals surface area contributed by atoms with E-state index in [9.17, 15) is 9.59 Å². The average molecular weight is 407 g/mol. The van der Waals surface area contributed by atoms with Crippen LogP contribution in [0.3, 0.4) is 0 Å². The zero-order valence-electron chi connectivity index (χ0n) is 16.5. The van der Waals surface area contributed by atoms with Crippen molar-refractivity contribution in [3.63, 3.8) is 0 Å². The normalized spacial score (nSPS) is 20.7. The zero-order chi connectivity index (χ0) is 20.0. The van der Waals surface area contributed by atoms with Crippen molar-refractivity contribution < 1.29 is 14.5 Å². The Morgan fingerprint density at radius 3 is 2.55 bits per heavy atom. The van der Waals surface area contributed by atoms with Gasteiger partial charge in [-0.05, 0) is 68.1 Å². The van der Waals surface area contributed by atoms with Crippen LogP contribution in [0.5, 0.6) is 0 Å². The summed E-state index contributed by atoms with van der Waals surface area (Å²) in [4.78, 5) is 33.0. The maximum Gasteiger partial charge on any atom is 0.292 e. The third kappa shape index (κ3) is 3.36. The molecule has 5 nitrogen and oxygen atoms in total. The molecule has 0 aliphatic carbocycles. The first-order chi connectivity index (χ1) is 14.1. The SMILES string of the molecule is Cc1ccc2nc(-c3ccc(N4C(=O)C[C@H]([NH+]5CCCCC5)C4=O)cc3)sc2c1. The van der Waals surface area contributed by atoms with Crippen LogP contribution in [0.2, 0.25) is 0 Å². The number of aryl methyl sites for hydroxylation is 1. The molecule has 1 atom stereocenters. The van der Waals surface area contributed by atoms with Gasteiger partial charge in [0.15, 0.2) is 6.04 Å². The third-order valence-corrected chi connectivity index (χ3v) is 7.12. The number of fused-ring (bicyclic) bond motifs is 1. The first-order valence-electron chi connectivity index (χ1n) is 10.3. The maximum absolute atomic E-state index is 13.0. The number of imide groups is 1. The number of nitrogens with zero attached hydrogens (tertiary/aromatic N) is 2. The van der Waals surface area contributed by atoms with E-state index in [1.165, 1.54) is 26.5 Å². The molecule has 148 valence electrons. The molecule has 0 spiro atoms. The molecule has 2 amide bonds. The van der Waals surface area contributed by atoms with Crippen molar-refractivity contribution in [3.8, 4) is 10.6 Å². The van der Waals surface area contributed by atoms with E-state index in [2.05, 4.69) is 19.1 Å². The molecule has 1 N–H and O–H groups in total. The van der Waals surface area contributed by atoms with Gasteiger partial charge in [-0.2, -0.15) is 0 Å². The highest BCUT2D eigenvalue weighted by molar-refractivity contribution is 7.21. The van der Waals surface area contributed by atoms with Gasteiger partial charge >= 0.3 is 0 Å². The van der Waals surface area contributed by atoms with Crippen LogP contribution in [0, 0.1) is 6.92 Å². The van der Waals surface area contributed by atoms with Gasteiger partial charge in [-0.15, -0.1) is 11.3 Å². The number of rotatable bonds is 3. The highest BCUT2D eigenvalue weighted by Crippen LogP contribution is 2.32. The number of piperidine rings is 1. The molecule has 2 aliphatic heterocycles. The van der Waals surface area contributed by atoms with Crippen molar-refractivity contribution in [1.82, 2.24) is 4.98 Å². The molecule has 2 saturated heterocycles. The summed E-state index contributed by atoms with van der Waals surface area (Å²) in [6.45, 7) is 4.07. The number of hydrogen-bond donors (Lipinski definition) is 1. The number of hydrogen-bond acceptors (Lipinski definition) is 4. The lowest BCUT2D eigenvalue weighted by molar-refractivity contribution is -0.919. The minimum atomic E-state index is -0.213. The Morgan fingerprint density at radius 2 is 1.79 bits per heavy atom. The number of benzene rings is 2. The molecule has 2 fully saturated rings. The Bertz CT molecular complexity index is 1080. The third-order valence-electron chi connectivity index (χ3n) is 6.05. The smallest absolute Gasteiger partial charge is 0.292 e. The summed E-state index contributed by atoms with van der Waals surface area (Å²) in [5.74, 6) is -0.128. The van der Waals surface area contributed by atoms with Crippen LogP contribution in [-0.2, 0) is 9.59 Å². The van der Waals surface area contributed by atoms with Crippen molar-refractivity contribution in [2.75, 3.05) is 18.0 Å². The van der Waals surface area contributed by atoms with Crippen LogP contribution in [0.15, 0.2) is 42.5 Å². The van der Waals surface area contributed by atoms with Crippen molar-refractivity contribution in [3.05, 3.63) is 48.0 Å².